The molecule has 0 heterocycles. The van der Waals surface area contributed by atoms with Gasteiger partial charge in [-0.05, 0) is 59.2 Å². The van der Waals surface area contributed by atoms with Gasteiger partial charge in [0.15, 0.2) is 0 Å². The van der Waals surface area contributed by atoms with Gasteiger partial charge in [-0.3, -0.25) is 4.79 Å². The van der Waals surface area contributed by atoms with E-state index in [1.54, 1.807) is 0 Å². The summed E-state index contributed by atoms with van der Waals surface area (Å²) < 4.78 is 6.24. The Morgan fingerprint density at radius 3 is 1.48 bits per heavy atom. The second-order valence-electron chi connectivity index (χ2n) is 13.6. The zero-order chi connectivity index (χ0) is 21.4. The molecule has 0 aromatic rings. The van der Waals surface area contributed by atoms with Crippen LogP contribution < -0.4 is 0 Å². The van der Waals surface area contributed by atoms with Crippen LogP contribution in [0.1, 0.15) is 109 Å². The summed E-state index contributed by atoms with van der Waals surface area (Å²) in [5.41, 5.74) is 0.546. The predicted octanol–water partition coefficient (Wildman–Crippen LogP) is 7.51. The van der Waals surface area contributed by atoms with E-state index in [9.17, 15) is 4.79 Å². The average molecular weight is 381 g/mol. The van der Waals surface area contributed by atoms with E-state index in [-0.39, 0.29) is 39.7 Å². The van der Waals surface area contributed by atoms with E-state index in [0.29, 0.717) is 11.8 Å². The average Bonchev–Trinajstić information content (AvgIpc) is 2.40. The summed E-state index contributed by atoms with van der Waals surface area (Å²) in [5, 5.41) is 0. The maximum atomic E-state index is 13.2. The van der Waals surface area contributed by atoms with Crippen LogP contribution in [0.4, 0.5) is 0 Å². The molecule has 0 N–H and O–H groups in total. The SMILES string of the molecule is CC(C)(C)CC(C(=O)OC1CC(C(C)(C)C)CC(C(C)(C)C)C1)C(C)(C)C. The summed E-state index contributed by atoms with van der Waals surface area (Å²) in [6.07, 6.45) is 4.19. The van der Waals surface area contributed by atoms with Crippen molar-refractivity contribution in [2.75, 3.05) is 0 Å². The molecule has 0 aromatic carbocycles. The maximum absolute atomic E-state index is 13.2. The lowest BCUT2D eigenvalue weighted by molar-refractivity contribution is -0.165. The Morgan fingerprint density at radius 1 is 0.778 bits per heavy atom. The molecule has 2 nitrogen and oxygen atoms in total. The van der Waals surface area contributed by atoms with Gasteiger partial charge in [0.2, 0.25) is 0 Å². The zero-order valence-electron chi connectivity index (χ0n) is 20.5. The second-order valence-corrected chi connectivity index (χ2v) is 13.6. The molecule has 3 atom stereocenters. The van der Waals surface area contributed by atoms with E-state index in [0.717, 1.165) is 19.3 Å². The van der Waals surface area contributed by atoms with Gasteiger partial charge in [0.25, 0.3) is 0 Å². The molecule has 1 aliphatic rings. The Morgan fingerprint density at radius 2 is 1.19 bits per heavy atom. The molecule has 0 bridgehead atoms. The summed E-state index contributed by atoms with van der Waals surface area (Å²) in [6, 6.07) is 0. The molecule has 0 saturated heterocycles. The molecule has 1 fully saturated rings. The summed E-state index contributed by atoms with van der Waals surface area (Å²) in [6.45, 7) is 27.1. The molecule has 0 aliphatic heterocycles. The first-order valence-electron chi connectivity index (χ1n) is 11.0. The number of hydrogen-bond acceptors (Lipinski definition) is 2. The minimum atomic E-state index is -0.0775. The van der Waals surface area contributed by atoms with Crippen molar-refractivity contribution in [3.8, 4) is 0 Å². The van der Waals surface area contributed by atoms with E-state index >= 15 is 0 Å². The Kier molecular flexibility index (Phi) is 7.33. The van der Waals surface area contributed by atoms with Crippen molar-refractivity contribution in [3.05, 3.63) is 0 Å². The van der Waals surface area contributed by atoms with Gasteiger partial charge < -0.3 is 4.74 Å². The highest BCUT2D eigenvalue weighted by molar-refractivity contribution is 5.73. The van der Waals surface area contributed by atoms with Crippen LogP contribution >= 0.6 is 0 Å². The third kappa shape index (κ3) is 7.78. The number of carbonyl (C=O) groups is 1. The first-order valence-corrected chi connectivity index (χ1v) is 11.0. The molecule has 27 heavy (non-hydrogen) atoms. The van der Waals surface area contributed by atoms with Crippen molar-refractivity contribution in [1.82, 2.24) is 0 Å². The number of ether oxygens (including phenoxy) is 1. The largest absolute Gasteiger partial charge is 0.462 e. The second kappa shape index (κ2) is 8.07. The van der Waals surface area contributed by atoms with Gasteiger partial charge in [-0.25, -0.2) is 0 Å². The summed E-state index contributed by atoms with van der Waals surface area (Å²) >= 11 is 0. The summed E-state index contributed by atoms with van der Waals surface area (Å²) in [5.74, 6) is 1.16. The predicted molar refractivity (Wildman–Crippen MR) is 117 cm³/mol. The molecule has 1 aliphatic carbocycles. The van der Waals surface area contributed by atoms with Crippen LogP contribution in [0.2, 0.25) is 0 Å². The van der Waals surface area contributed by atoms with Gasteiger partial charge in [-0.15, -0.1) is 0 Å². The zero-order valence-corrected chi connectivity index (χ0v) is 20.5. The number of hydrogen-bond donors (Lipinski definition) is 0. The fourth-order valence-electron chi connectivity index (χ4n) is 4.38. The van der Waals surface area contributed by atoms with E-state index in [1.165, 1.54) is 6.42 Å². The third-order valence-corrected chi connectivity index (χ3v) is 6.54. The molecule has 1 rings (SSSR count). The smallest absolute Gasteiger partial charge is 0.309 e. The molecular weight excluding hydrogens is 332 g/mol. The van der Waals surface area contributed by atoms with Crippen molar-refractivity contribution in [1.29, 1.82) is 0 Å². The van der Waals surface area contributed by atoms with Gasteiger partial charge in [0, 0.05) is 0 Å². The fourth-order valence-corrected chi connectivity index (χ4v) is 4.38. The number of esters is 1. The van der Waals surface area contributed by atoms with E-state index in [2.05, 4.69) is 83.1 Å². The number of rotatable bonds is 3. The highest BCUT2D eigenvalue weighted by Crippen LogP contribution is 2.47. The van der Waals surface area contributed by atoms with Crippen molar-refractivity contribution >= 4 is 5.97 Å². The molecule has 3 unspecified atom stereocenters. The lowest BCUT2D eigenvalue weighted by Crippen LogP contribution is -2.42. The van der Waals surface area contributed by atoms with Crippen molar-refractivity contribution in [2.24, 2.45) is 39.4 Å². The molecule has 0 radical (unpaired) electrons. The van der Waals surface area contributed by atoms with Gasteiger partial charge in [-0.1, -0.05) is 83.1 Å². The summed E-state index contributed by atoms with van der Waals surface area (Å²) in [7, 11) is 0. The van der Waals surface area contributed by atoms with Crippen LogP contribution in [0.15, 0.2) is 0 Å². The Labute approximate surface area is 170 Å². The first kappa shape index (κ1) is 24.5. The lowest BCUT2D eigenvalue weighted by atomic mass is 9.62. The quantitative estimate of drug-likeness (QED) is 0.474. The van der Waals surface area contributed by atoms with Crippen LogP contribution in [0.25, 0.3) is 0 Å². The molecule has 160 valence electrons. The standard InChI is InChI=1S/C25H48O2/c1-22(2,3)16-20(25(10,11)12)21(26)27-19-14-17(23(4,5)6)13-18(15-19)24(7,8)9/h17-20H,13-16H2,1-12H3. The Bertz CT molecular complexity index is 468. The van der Waals surface area contributed by atoms with Gasteiger partial charge >= 0.3 is 5.97 Å². The Hall–Kier alpha value is -0.530. The highest BCUT2D eigenvalue weighted by atomic mass is 16.5. The van der Waals surface area contributed by atoms with Crippen LogP contribution in [-0.2, 0) is 9.53 Å². The van der Waals surface area contributed by atoms with Gasteiger partial charge in [0.05, 0.1) is 5.92 Å². The maximum Gasteiger partial charge on any atom is 0.309 e. The molecule has 0 amide bonds. The van der Waals surface area contributed by atoms with Crippen molar-refractivity contribution in [2.45, 2.75) is 115 Å². The third-order valence-electron chi connectivity index (χ3n) is 6.54. The van der Waals surface area contributed by atoms with Crippen LogP contribution in [-0.4, -0.2) is 12.1 Å². The first-order chi connectivity index (χ1) is 11.8. The minimum absolute atomic E-state index is 0.0182. The van der Waals surface area contributed by atoms with E-state index in [1.807, 2.05) is 0 Å². The van der Waals surface area contributed by atoms with E-state index in [4.69, 9.17) is 4.74 Å². The Balaban J connectivity index is 2.99. The molecule has 2 heteroatoms. The van der Waals surface area contributed by atoms with Crippen LogP contribution in [0, 0.1) is 39.4 Å². The van der Waals surface area contributed by atoms with Crippen molar-refractivity contribution in [3.63, 3.8) is 0 Å². The highest BCUT2D eigenvalue weighted by Gasteiger charge is 2.42. The lowest BCUT2D eigenvalue weighted by Gasteiger charge is -2.46. The fraction of sp³-hybridized carbons (Fsp3) is 0.960. The molecular formula is C25H48O2. The van der Waals surface area contributed by atoms with Crippen molar-refractivity contribution < 1.29 is 9.53 Å². The van der Waals surface area contributed by atoms with Gasteiger partial charge in [-0.2, -0.15) is 0 Å². The normalized spacial score (nSPS) is 26.6. The van der Waals surface area contributed by atoms with E-state index < -0.39 is 0 Å². The van der Waals surface area contributed by atoms with Crippen LogP contribution in [0.3, 0.4) is 0 Å². The molecule has 1 saturated carbocycles. The topological polar surface area (TPSA) is 26.3 Å². The monoisotopic (exact) mass is 380 g/mol. The number of carbonyl (C=O) groups excluding carboxylic acids is 1. The van der Waals surface area contributed by atoms with Gasteiger partial charge in [0.1, 0.15) is 6.10 Å². The summed E-state index contributed by atoms with van der Waals surface area (Å²) in [4.78, 5) is 13.2. The minimum Gasteiger partial charge on any atom is -0.462 e. The molecule has 0 aromatic heterocycles. The molecule has 0 spiro atoms. The van der Waals surface area contributed by atoms with Crippen LogP contribution in [0.5, 0.6) is 0 Å².